The number of benzene rings is 2. The Kier molecular flexibility index (Phi) is 4.73. The lowest BCUT2D eigenvalue weighted by Crippen LogP contribution is -2.39. The van der Waals surface area contributed by atoms with E-state index in [-0.39, 0.29) is 0 Å². The Bertz CT molecular complexity index is 679. The molecule has 0 N–H and O–H groups in total. The van der Waals surface area contributed by atoms with Gasteiger partial charge in [-0.15, -0.1) is 13.2 Å². The lowest BCUT2D eigenvalue weighted by Gasteiger charge is -2.20. The molecule has 0 heterocycles. The van der Waals surface area contributed by atoms with Crippen LogP contribution in [0.2, 0.25) is 26.2 Å². The molecule has 0 fully saturated rings. The minimum Gasteiger partial charge on any atom is -0.107 e. The van der Waals surface area contributed by atoms with E-state index in [1.165, 1.54) is 21.5 Å². The predicted octanol–water partition coefficient (Wildman–Crippen LogP) is 4.63. The van der Waals surface area contributed by atoms with Crippen molar-refractivity contribution in [2.75, 3.05) is 0 Å². The Labute approximate surface area is 137 Å². The highest BCUT2D eigenvalue weighted by molar-refractivity contribution is 6.94. The van der Waals surface area contributed by atoms with Crippen molar-refractivity contribution in [3.63, 3.8) is 0 Å². The van der Waals surface area contributed by atoms with Gasteiger partial charge in [-0.3, -0.25) is 0 Å². The molecule has 0 saturated heterocycles. The van der Waals surface area contributed by atoms with E-state index in [4.69, 9.17) is 0 Å². The lowest BCUT2D eigenvalue weighted by molar-refractivity contribution is 1.63. The molecule has 0 aromatic heterocycles. The summed E-state index contributed by atoms with van der Waals surface area (Å²) in [6, 6.07) is 18.0. The topological polar surface area (TPSA) is 0 Å². The van der Waals surface area contributed by atoms with Crippen molar-refractivity contribution < 1.29 is 0 Å². The van der Waals surface area contributed by atoms with E-state index in [0.29, 0.717) is 0 Å². The van der Waals surface area contributed by atoms with Crippen molar-refractivity contribution in [3.8, 4) is 11.1 Å². The molecule has 0 saturated carbocycles. The molecule has 0 aliphatic carbocycles. The average molecular weight is 323 g/mol. The molecule has 2 aromatic carbocycles. The van der Waals surface area contributed by atoms with E-state index in [0.717, 1.165) is 0 Å². The van der Waals surface area contributed by atoms with Crippen LogP contribution in [-0.4, -0.2) is 16.1 Å². The molecule has 0 unspecified atom stereocenters. The highest BCUT2D eigenvalue weighted by atomic mass is 28.3. The summed E-state index contributed by atoms with van der Waals surface area (Å²) in [7, 11) is -2.97. The van der Waals surface area contributed by atoms with Gasteiger partial charge in [0.2, 0.25) is 0 Å². The molecule has 0 amide bonds. The molecule has 114 valence electrons. The monoisotopic (exact) mass is 322 g/mol. The molecule has 22 heavy (non-hydrogen) atoms. The predicted molar refractivity (Wildman–Crippen MR) is 107 cm³/mol. The maximum Gasteiger partial charge on any atom is 0.103 e. The first-order chi connectivity index (χ1) is 10.3. The summed E-state index contributed by atoms with van der Waals surface area (Å²) >= 11 is 0. The van der Waals surface area contributed by atoms with Gasteiger partial charge in [0.25, 0.3) is 0 Å². The minimum absolute atomic E-state index is 1.29. The lowest BCUT2D eigenvalue weighted by atomic mass is 10.1. The van der Waals surface area contributed by atoms with Crippen LogP contribution >= 0.6 is 0 Å². The SMILES string of the molecule is C=C[Si](C)(C)c1ccc(-c2cccc([Si](C)(C)C=C)c2)cc1. The third-order valence-corrected chi connectivity index (χ3v) is 10.3. The van der Waals surface area contributed by atoms with E-state index in [1.807, 2.05) is 0 Å². The van der Waals surface area contributed by atoms with Gasteiger partial charge >= 0.3 is 0 Å². The molecule has 2 heteroatoms. The van der Waals surface area contributed by atoms with Gasteiger partial charge in [0.1, 0.15) is 16.1 Å². The zero-order valence-corrected chi connectivity index (χ0v) is 16.2. The van der Waals surface area contributed by atoms with Gasteiger partial charge in [-0.05, 0) is 11.1 Å². The van der Waals surface area contributed by atoms with E-state index >= 15 is 0 Å². The molecule has 0 atom stereocenters. The molecular formula is C20H26Si2. The van der Waals surface area contributed by atoms with Crippen LogP contribution in [0.5, 0.6) is 0 Å². The summed E-state index contributed by atoms with van der Waals surface area (Å²) in [4.78, 5) is 0. The van der Waals surface area contributed by atoms with Crippen molar-refractivity contribution in [2.24, 2.45) is 0 Å². The second-order valence-electron chi connectivity index (χ2n) is 7.01. The van der Waals surface area contributed by atoms with Gasteiger partial charge in [0, 0.05) is 0 Å². The molecule has 0 aliphatic heterocycles. The first-order valence-electron chi connectivity index (χ1n) is 7.79. The maximum atomic E-state index is 4.02. The molecule has 0 nitrogen and oxygen atoms in total. The highest BCUT2D eigenvalue weighted by Gasteiger charge is 2.20. The summed E-state index contributed by atoms with van der Waals surface area (Å²) in [5.41, 5.74) is 6.87. The Hall–Kier alpha value is -1.65. The smallest absolute Gasteiger partial charge is 0.103 e. The van der Waals surface area contributed by atoms with Gasteiger partial charge < -0.3 is 0 Å². The Balaban J connectivity index is 2.39. The molecule has 0 radical (unpaired) electrons. The van der Waals surface area contributed by atoms with Crippen molar-refractivity contribution in [1.29, 1.82) is 0 Å². The fourth-order valence-electron chi connectivity index (χ4n) is 2.43. The van der Waals surface area contributed by atoms with Crippen LogP contribution in [0.25, 0.3) is 11.1 Å². The number of hydrogen-bond donors (Lipinski definition) is 0. The third-order valence-electron chi connectivity index (χ3n) is 4.59. The summed E-state index contributed by atoms with van der Waals surface area (Å²) in [6.07, 6.45) is 0. The first-order valence-corrected chi connectivity index (χ1v) is 13.9. The van der Waals surface area contributed by atoms with Gasteiger partial charge in [-0.25, -0.2) is 0 Å². The van der Waals surface area contributed by atoms with Crippen LogP contribution in [0.4, 0.5) is 0 Å². The molecule has 2 rings (SSSR count). The van der Waals surface area contributed by atoms with Crippen LogP contribution in [0.3, 0.4) is 0 Å². The fraction of sp³-hybridized carbons (Fsp3) is 0.200. The average Bonchev–Trinajstić information content (AvgIpc) is 2.55. The largest absolute Gasteiger partial charge is 0.107 e. The normalized spacial score (nSPS) is 12.0. The van der Waals surface area contributed by atoms with Crippen LogP contribution in [0.1, 0.15) is 0 Å². The van der Waals surface area contributed by atoms with Crippen molar-refractivity contribution in [3.05, 3.63) is 73.1 Å². The van der Waals surface area contributed by atoms with Gasteiger partial charge in [0.05, 0.1) is 0 Å². The minimum atomic E-state index is -1.51. The standard InChI is InChI=1S/C20H26Si2/c1-7-21(3,4)19-14-12-17(13-15-19)18-10-9-11-20(16-18)22(5,6)8-2/h7-16H,1-2H2,3-6H3. The van der Waals surface area contributed by atoms with Crippen LogP contribution in [0.15, 0.2) is 73.1 Å². The second kappa shape index (κ2) is 6.23. The van der Waals surface area contributed by atoms with Crippen molar-refractivity contribution in [1.82, 2.24) is 0 Å². The second-order valence-corrected chi connectivity index (χ2v) is 15.9. The van der Waals surface area contributed by atoms with Crippen LogP contribution < -0.4 is 10.4 Å². The summed E-state index contributed by atoms with van der Waals surface area (Å²) in [6.45, 7) is 17.3. The zero-order valence-electron chi connectivity index (χ0n) is 14.2. The third kappa shape index (κ3) is 3.39. The fourth-order valence-corrected chi connectivity index (χ4v) is 4.98. The van der Waals surface area contributed by atoms with Gasteiger partial charge in [-0.1, -0.05) is 96.5 Å². The van der Waals surface area contributed by atoms with Crippen molar-refractivity contribution >= 4 is 26.5 Å². The maximum absolute atomic E-state index is 4.02. The summed E-state index contributed by atoms with van der Waals surface area (Å²) in [5.74, 6) is 0. The number of rotatable bonds is 5. The van der Waals surface area contributed by atoms with E-state index in [9.17, 15) is 0 Å². The molecule has 0 aliphatic rings. The van der Waals surface area contributed by atoms with Crippen LogP contribution in [-0.2, 0) is 0 Å². The molecule has 0 bridgehead atoms. The Morgan fingerprint density at radius 3 is 1.77 bits per heavy atom. The summed E-state index contributed by atoms with van der Waals surface area (Å²) in [5, 5.41) is 2.87. The van der Waals surface area contributed by atoms with Crippen LogP contribution in [0, 0.1) is 0 Å². The molecule has 2 aromatic rings. The van der Waals surface area contributed by atoms with Gasteiger partial charge in [0.15, 0.2) is 0 Å². The Morgan fingerprint density at radius 2 is 1.23 bits per heavy atom. The molecular weight excluding hydrogens is 296 g/mol. The summed E-state index contributed by atoms with van der Waals surface area (Å²) < 4.78 is 0. The van der Waals surface area contributed by atoms with Crippen molar-refractivity contribution in [2.45, 2.75) is 26.2 Å². The number of hydrogen-bond acceptors (Lipinski definition) is 0. The quantitative estimate of drug-likeness (QED) is 0.704. The first kappa shape index (κ1) is 16.7. The van der Waals surface area contributed by atoms with E-state index < -0.39 is 16.1 Å². The van der Waals surface area contributed by atoms with Gasteiger partial charge in [-0.2, -0.15) is 0 Å². The van der Waals surface area contributed by atoms with E-state index in [2.05, 4.69) is 99.3 Å². The Morgan fingerprint density at radius 1 is 0.682 bits per heavy atom. The van der Waals surface area contributed by atoms with E-state index in [1.54, 1.807) is 0 Å². The highest BCUT2D eigenvalue weighted by Crippen LogP contribution is 2.19. The zero-order chi connectivity index (χ0) is 16.4. The molecule has 0 spiro atoms.